The predicted octanol–water partition coefficient (Wildman–Crippen LogP) is 1.84. The maximum atomic E-state index is 12.8. The lowest BCUT2D eigenvalue weighted by atomic mass is 10.2. The van der Waals surface area contributed by atoms with Crippen LogP contribution in [0.5, 0.6) is 0 Å². The van der Waals surface area contributed by atoms with Gasteiger partial charge < -0.3 is 10.1 Å². The van der Waals surface area contributed by atoms with Crippen LogP contribution in [0.25, 0.3) is 0 Å². The first-order chi connectivity index (χ1) is 13.0. The fraction of sp³-hybridized carbons (Fsp3) is 0.588. The summed E-state index contributed by atoms with van der Waals surface area (Å²) in [6.45, 7) is 2.25. The zero-order chi connectivity index (χ0) is 20.9. The number of rotatable bonds is 7. The Labute approximate surface area is 162 Å². The highest BCUT2D eigenvalue weighted by Gasteiger charge is 2.29. The number of nitrogens with zero attached hydrogens (tertiary/aromatic N) is 2. The van der Waals surface area contributed by atoms with Gasteiger partial charge in [0.05, 0.1) is 31.1 Å². The van der Waals surface area contributed by atoms with Crippen molar-refractivity contribution in [2.45, 2.75) is 24.4 Å². The number of halogens is 3. The predicted molar refractivity (Wildman–Crippen MR) is 97.6 cm³/mol. The van der Waals surface area contributed by atoms with Crippen LogP contribution in [-0.2, 0) is 19.6 Å². The third kappa shape index (κ3) is 6.43. The molecule has 1 fully saturated rings. The van der Waals surface area contributed by atoms with E-state index in [9.17, 15) is 26.4 Å². The number of aryl methyl sites for hydroxylation is 1. The van der Waals surface area contributed by atoms with Crippen molar-refractivity contribution < 1.29 is 31.1 Å². The highest BCUT2D eigenvalue weighted by atomic mass is 32.2. The molecule has 0 bridgehead atoms. The summed E-state index contributed by atoms with van der Waals surface area (Å²) >= 11 is 0. The lowest BCUT2D eigenvalue weighted by molar-refractivity contribution is -0.138. The van der Waals surface area contributed by atoms with Crippen LogP contribution in [0.3, 0.4) is 0 Å². The fourth-order valence-electron chi connectivity index (χ4n) is 2.72. The van der Waals surface area contributed by atoms with Gasteiger partial charge in [-0.3, -0.25) is 9.69 Å². The van der Waals surface area contributed by atoms with E-state index in [1.165, 1.54) is 22.3 Å². The minimum absolute atomic E-state index is 0.0811. The Morgan fingerprint density at radius 2 is 1.93 bits per heavy atom. The van der Waals surface area contributed by atoms with Crippen LogP contribution in [0.4, 0.5) is 18.9 Å². The van der Waals surface area contributed by atoms with E-state index in [2.05, 4.69) is 5.32 Å². The van der Waals surface area contributed by atoms with Gasteiger partial charge in [-0.25, -0.2) is 8.42 Å². The van der Waals surface area contributed by atoms with Gasteiger partial charge in [0, 0.05) is 25.3 Å². The van der Waals surface area contributed by atoms with Crippen LogP contribution >= 0.6 is 0 Å². The van der Waals surface area contributed by atoms with Crippen molar-refractivity contribution in [2.24, 2.45) is 0 Å². The molecular weight excluding hydrogens is 399 g/mol. The van der Waals surface area contributed by atoms with E-state index in [1.807, 2.05) is 0 Å². The first-order valence-electron chi connectivity index (χ1n) is 8.73. The van der Waals surface area contributed by atoms with Crippen LogP contribution in [0.2, 0.25) is 0 Å². The van der Waals surface area contributed by atoms with Gasteiger partial charge >= 0.3 is 6.18 Å². The monoisotopic (exact) mass is 423 g/mol. The first-order valence-corrected chi connectivity index (χ1v) is 10.2. The Morgan fingerprint density at radius 1 is 1.29 bits per heavy atom. The molecule has 0 atom stereocenters. The summed E-state index contributed by atoms with van der Waals surface area (Å²) in [5, 5.41) is 2.54. The standard InChI is InChI=1S/C17H24F3N3O4S/c1-13-3-4-14(21-16(24)12-22(2)6-5-17(18,19)20)11-15(13)28(25,26)23-7-9-27-10-8-23/h3-4,11H,5-10,12H2,1-2H3,(H,21,24). The third-order valence-corrected chi connectivity index (χ3v) is 6.29. The average Bonchev–Trinajstić information content (AvgIpc) is 2.61. The number of alkyl halides is 3. The summed E-state index contributed by atoms with van der Waals surface area (Å²) in [6.07, 6.45) is -5.30. The molecule has 1 aromatic carbocycles. The number of hydrogen-bond donors (Lipinski definition) is 1. The maximum absolute atomic E-state index is 12.8. The number of nitrogens with one attached hydrogen (secondary N) is 1. The molecule has 0 aromatic heterocycles. The molecular formula is C17H24F3N3O4S. The molecule has 1 aliphatic rings. The van der Waals surface area contributed by atoms with E-state index < -0.39 is 28.5 Å². The van der Waals surface area contributed by atoms with E-state index >= 15 is 0 Å². The number of amides is 1. The second-order valence-electron chi connectivity index (χ2n) is 6.65. The maximum Gasteiger partial charge on any atom is 0.390 e. The van der Waals surface area contributed by atoms with Crippen molar-refractivity contribution in [2.75, 3.05) is 51.8 Å². The molecule has 0 radical (unpaired) electrons. The second kappa shape index (κ2) is 9.21. The van der Waals surface area contributed by atoms with E-state index in [0.29, 0.717) is 18.8 Å². The molecule has 1 saturated heterocycles. The zero-order valence-electron chi connectivity index (χ0n) is 15.8. The molecule has 0 aliphatic carbocycles. The summed E-state index contributed by atoms with van der Waals surface area (Å²) in [6, 6.07) is 4.51. The molecule has 2 rings (SSSR count). The Bertz CT molecular complexity index is 793. The van der Waals surface area contributed by atoms with Crippen LogP contribution in [0.1, 0.15) is 12.0 Å². The summed E-state index contributed by atoms with van der Waals surface area (Å²) in [5.74, 6) is -0.525. The van der Waals surface area contributed by atoms with Crippen LogP contribution in [-0.4, -0.2) is 76.1 Å². The van der Waals surface area contributed by atoms with Gasteiger partial charge in [-0.2, -0.15) is 17.5 Å². The number of benzene rings is 1. The smallest absolute Gasteiger partial charge is 0.379 e. The van der Waals surface area contributed by atoms with Gasteiger partial charge in [0.25, 0.3) is 0 Å². The minimum Gasteiger partial charge on any atom is -0.379 e. The Morgan fingerprint density at radius 3 is 2.54 bits per heavy atom. The molecule has 28 heavy (non-hydrogen) atoms. The molecule has 1 aromatic rings. The molecule has 158 valence electrons. The van der Waals surface area contributed by atoms with Crippen LogP contribution in [0.15, 0.2) is 23.1 Å². The Hall–Kier alpha value is -1.69. The number of carbonyl (C=O) groups is 1. The van der Waals surface area contributed by atoms with Crippen molar-refractivity contribution >= 4 is 21.6 Å². The van der Waals surface area contributed by atoms with Gasteiger partial charge in [-0.1, -0.05) is 6.07 Å². The van der Waals surface area contributed by atoms with E-state index in [-0.39, 0.29) is 36.8 Å². The van der Waals surface area contributed by atoms with Gasteiger partial charge in [0.1, 0.15) is 0 Å². The quantitative estimate of drug-likeness (QED) is 0.724. The summed E-state index contributed by atoms with van der Waals surface area (Å²) in [5.41, 5.74) is 0.804. The van der Waals surface area contributed by atoms with E-state index in [1.54, 1.807) is 19.1 Å². The molecule has 0 unspecified atom stereocenters. The van der Waals surface area contributed by atoms with Crippen molar-refractivity contribution in [1.29, 1.82) is 0 Å². The first kappa shape index (κ1) is 22.6. The van der Waals surface area contributed by atoms with Crippen molar-refractivity contribution in [3.05, 3.63) is 23.8 Å². The molecule has 1 amide bonds. The number of hydrogen-bond acceptors (Lipinski definition) is 5. The SMILES string of the molecule is Cc1ccc(NC(=O)CN(C)CCC(F)(F)F)cc1S(=O)(=O)N1CCOCC1. The van der Waals surface area contributed by atoms with Crippen molar-refractivity contribution in [3.63, 3.8) is 0 Å². The highest BCUT2D eigenvalue weighted by Crippen LogP contribution is 2.24. The third-order valence-electron chi connectivity index (χ3n) is 4.25. The summed E-state index contributed by atoms with van der Waals surface area (Å²) in [7, 11) is -2.32. The Kier molecular flexibility index (Phi) is 7.43. The largest absolute Gasteiger partial charge is 0.390 e. The van der Waals surface area contributed by atoms with Crippen molar-refractivity contribution in [1.82, 2.24) is 9.21 Å². The lowest BCUT2D eigenvalue weighted by Crippen LogP contribution is -2.40. The molecule has 7 nitrogen and oxygen atoms in total. The van der Waals surface area contributed by atoms with E-state index in [4.69, 9.17) is 4.74 Å². The normalized spacial score (nSPS) is 16.4. The number of likely N-dealkylation sites (N-methyl/N-ethyl adjacent to an activating group) is 1. The van der Waals surface area contributed by atoms with Crippen LogP contribution < -0.4 is 5.32 Å². The van der Waals surface area contributed by atoms with Gasteiger partial charge in [-0.05, 0) is 31.7 Å². The highest BCUT2D eigenvalue weighted by molar-refractivity contribution is 7.89. The second-order valence-corrected chi connectivity index (χ2v) is 8.55. The molecule has 0 spiro atoms. The number of carbonyl (C=O) groups excluding carboxylic acids is 1. The number of morpholine rings is 1. The molecule has 1 N–H and O–H groups in total. The molecule has 0 saturated carbocycles. The fourth-order valence-corrected chi connectivity index (χ4v) is 4.38. The molecule has 1 aliphatic heterocycles. The lowest BCUT2D eigenvalue weighted by Gasteiger charge is -2.27. The minimum atomic E-state index is -4.29. The Balaban J connectivity index is 2.05. The zero-order valence-corrected chi connectivity index (χ0v) is 16.6. The average molecular weight is 423 g/mol. The van der Waals surface area contributed by atoms with Gasteiger partial charge in [-0.15, -0.1) is 0 Å². The summed E-state index contributed by atoms with van der Waals surface area (Å²) in [4.78, 5) is 13.4. The number of ether oxygens (including phenoxy) is 1. The van der Waals surface area contributed by atoms with Gasteiger partial charge in [0.15, 0.2) is 0 Å². The molecule has 1 heterocycles. The number of sulfonamides is 1. The summed E-state index contributed by atoms with van der Waals surface area (Å²) < 4.78 is 69.0. The van der Waals surface area contributed by atoms with Crippen LogP contribution in [0, 0.1) is 6.92 Å². The van der Waals surface area contributed by atoms with E-state index in [0.717, 1.165) is 0 Å². The van der Waals surface area contributed by atoms with Gasteiger partial charge in [0.2, 0.25) is 15.9 Å². The topological polar surface area (TPSA) is 79.0 Å². The number of anilines is 1. The molecule has 11 heteroatoms. The van der Waals surface area contributed by atoms with Crippen molar-refractivity contribution in [3.8, 4) is 0 Å².